The molecule has 10 atom stereocenters. The quantitative estimate of drug-likeness (QED) is 0.117. The second-order valence-electron chi connectivity index (χ2n) is 12.7. The lowest BCUT2D eigenvalue weighted by Crippen LogP contribution is -2.53. The largest absolute Gasteiger partial charge is 0.507 e. The fraction of sp³-hybridized carbons (Fsp3) is 0.679. The number of rotatable bonds is 8. The number of phenols is 1. The molecule has 1 aromatic rings. The topological polar surface area (TPSA) is 196 Å². The van der Waals surface area contributed by atoms with Crippen molar-refractivity contribution in [1.82, 2.24) is 0 Å². The third kappa shape index (κ3) is 4.11. The summed E-state index contributed by atoms with van der Waals surface area (Å²) in [5.74, 6) is -3.46. The monoisotopic (exact) mass is 713 g/mol. The van der Waals surface area contributed by atoms with Crippen LogP contribution in [0.4, 0.5) is 5.69 Å². The number of carboxylic acids is 1. The van der Waals surface area contributed by atoms with Crippen LogP contribution in [0.3, 0.4) is 0 Å². The van der Waals surface area contributed by atoms with E-state index in [4.69, 9.17) is 15.0 Å². The average molecular weight is 714 g/mol. The first-order valence-corrected chi connectivity index (χ1v) is 16.7. The number of carbonyl (C=O) groups is 3. The van der Waals surface area contributed by atoms with Crippen molar-refractivity contribution in [2.75, 3.05) is 18.1 Å². The zero-order valence-corrected chi connectivity index (χ0v) is 25.9. The van der Waals surface area contributed by atoms with Gasteiger partial charge in [-0.25, -0.2) is 4.79 Å². The number of ether oxygens (including phenoxy) is 2. The summed E-state index contributed by atoms with van der Waals surface area (Å²) < 4.78 is 25.0. The lowest BCUT2D eigenvalue weighted by atomic mass is 9.59. The minimum atomic E-state index is -1.34. The van der Waals surface area contributed by atoms with Crippen molar-refractivity contribution in [3.63, 3.8) is 0 Å². The van der Waals surface area contributed by atoms with Gasteiger partial charge in [0.15, 0.2) is 0 Å². The van der Waals surface area contributed by atoms with Gasteiger partial charge in [0.1, 0.15) is 23.5 Å². The summed E-state index contributed by atoms with van der Waals surface area (Å²) in [4.78, 5) is 41.2. The third-order valence-corrected chi connectivity index (χ3v) is 13.3. The van der Waals surface area contributed by atoms with Gasteiger partial charge in [-0.2, -0.15) is 0 Å². The van der Waals surface area contributed by atoms with Gasteiger partial charge in [0, 0.05) is 36.9 Å². The number of fused-ring (bicyclic) bond motifs is 1. The number of aliphatic carboxylic acids is 1. The molecule has 226 valence electrons. The summed E-state index contributed by atoms with van der Waals surface area (Å²) in [5, 5.41) is 35.1. The number of aliphatic hydroxyl groups excluding tert-OH is 1. The van der Waals surface area contributed by atoms with Crippen molar-refractivity contribution in [2.24, 2.45) is 45.5 Å². The Labute approximate surface area is 257 Å². The van der Waals surface area contributed by atoms with Gasteiger partial charge in [0.2, 0.25) is 0 Å². The van der Waals surface area contributed by atoms with E-state index >= 15 is 0 Å². The first-order chi connectivity index (χ1) is 19.9. The number of aromatic hydroxyl groups is 1. The van der Waals surface area contributed by atoms with Crippen LogP contribution in [0.1, 0.15) is 55.8 Å². The standard InChI is InChI=1S/C28H32IN3O9S/c1-26-20(34)4-5-28(41-25(26)38)19-3-2-13-10-27(19,21(22(26)28)23(35)36)11-14(13)12-42(39)7-6-40-24(37)15-8-16(29)17(31-32-30)9-18(15)33/h8-9,13-14,19-22,33-34H,2-7,10-12H2,1H3,(H,35,36)/t13-,14+,19+,20-,21+,22+,26+,27+,28+,42?/m0/s1. The van der Waals surface area contributed by atoms with Crippen LogP contribution in [0.5, 0.6) is 5.75 Å². The number of halogens is 1. The molecule has 42 heavy (non-hydrogen) atoms. The lowest BCUT2D eigenvalue weighted by Gasteiger charge is -2.44. The second-order valence-corrected chi connectivity index (χ2v) is 15.5. The highest BCUT2D eigenvalue weighted by molar-refractivity contribution is 14.1. The number of carbonyl (C=O) groups excluding carboxylic acids is 2. The van der Waals surface area contributed by atoms with Gasteiger partial charge in [-0.15, -0.1) is 0 Å². The molecule has 4 saturated carbocycles. The molecule has 5 fully saturated rings. The summed E-state index contributed by atoms with van der Waals surface area (Å²) in [5.41, 5.74) is 6.01. The van der Waals surface area contributed by atoms with Gasteiger partial charge in [-0.1, -0.05) is 5.11 Å². The normalized spacial score (nSPS) is 39.9. The number of hydrogen-bond acceptors (Lipinski definition) is 9. The summed E-state index contributed by atoms with van der Waals surface area (Å²) in [6.07, 6.45) is 2.76. The molecule has 12 nitrogen and oxygen atoms in total. The fourth-order valence-corrected chi connectivity index (χ4v) is 11.4. The predicted octanol–water partition coefficient (Wildman–Crippen LogP) is 4.05. The highest BCUT2D eigenvalue weighted by atomic mass is 127. The molecule has 1 saturated heterocycles. The average Bonchev–Trinajstić information content (AvgIpc) is 3.41. The Bertz CT molecular complexity index is 1450. The maximum Gasteiger partial charge on any atom is 0.341 e. The lowest BCUT2D eigenvalue weighted by molar-refractivity contribution is -0.162. The zero-order valence-electron chi connectivity index (χ0n) is 22.9. The van der Waals surface area contributed by atoms with E-state index in [1.165, 1.54) is 12.1 Å². The number of aliphatic hydroxyl groups is 1. The molecule has 14 heteroatoms. The van der Waals surface area contributed by atoms with Gasteiger partial charge in [0.05, 0.1) is 28.9 Å². The third-order valence-electron chi connectivity index (χ3n) is 11.1. The minimum Gasteiger partial charge on any atom is -0.507 e. The number of azide groups is 1. The smallest absolute Gasteiger partial charge is 0.341 e. The number of phenolic OH excluding ortho intramolecular Hbond substituents is 1. The maximum atomic E-state index is 13.2. The van der Waals surface area contributed by atoms with Crippen molar-refractivity contribution < 1.29 is 43.4 Å². The summed E-state index contributed by atoms with van der Waals surface area (Å²) in [6.45, 7) is 1.55. The van der Waals surface area contributed by atoms with Gasteiger partial charge in [-0.05, 0) is 103 Å². The van der Waals surface area contributed by atoms with Crippen LogP contribution in [0, 0.1) is 44.0 Å². The van der Waals surface area contributed by atoms with Gasteiger partial charge in [-0.3, -0.25) is 13.8 Å². The van der Waals surface area contributed by atoms with Gasteiger partial charge in [0.25, 0.3) is 0 Å². The first kappa shape index (κ1) is 29.6. The van der Waals surface area contributed by atoms with E-state index in [1.807, 2.05) is 22.6 Å². The molecular weight excluding hydrogens is 681 g/mol. The van der Waals surface area contributed by atoms with Crippen LogP contribution in [0.2, 0.25) is 0 Å². The van der Waals surface area contributed by atoms with Crippen LogP contribution in [-0.4, -0.2) is 67.3 Å². The molecule has 1 aromatic carbocycles. The fourth-order valence-electron chi connectivity index (χ4n) is 9.55. The highest BCUT2D eigenvalue weighted by Gasteiger charge is 2.83. The Kier molecular flexibility index (Phi) is 7.30. The van der Waals surface area contributed by atoms with Crippen LogP contribution >= 0.6 is 22.6 Å². The molecule has 3 N–H and O–H groups in total. The number of esters is 2. The van der Waals surface area contributed by atoms with Crippen molar-refractivity contribution in [2.45, 2.75) is 57.2 Å². The van der Waals surface area contributed by atoms with Crippen LogP contribution in [-0.2, 0) is 29.9 Å². The molecule has 0 amide bonds. The van der Waals surface area contributed by atoms with E-state index in [-0.39, 0.29) is 47.1 Å². The van der Waals surface area contributed by atoms with E-state index in [0.29, 0.717) is 35.0 Å². The number of benzene rings is 1. The number of carboxylic acid groups (broad SMARTS) is 1. The van der Waals surface area contributed by atoms with E-state index < -0.39 is 63.1 Å². The number of nitrogens with zero attached hydrogens (tertiary/aromatic N) is 3. The predicted molar refractivity (Wildman–Crippen MR) is 156 cm³/mol. The van der Waals surface area contributed by atoms with Gasteiger partial charge < -0.3 is 24.8 Å². The summed E-state index contributed by atoms with van der Waals surface area (Å²) in [7, 11) is -1.34. The summed E-state index contributed by atoms with van der Waals surface area (Å²) in [6, 6.07) is 2.53. The molecule has 1 heterocycles. The van der Waals surface area contributed by atoms with Crippen molar-refractivity contribution in [3.05, 3.63) is 31.7 Å². The molecule has 0 aromatic heterocycles. The van der Waals surface area contributed by atoms with E-state index in [1.54, 1.807) is 6.92 Å². The van der Waals surface area contributed by atoms with Gasteiger partial charge >= 0.3 is 17.9 Å². The SMILES string of the molecule is C[C@@]12C(=O)O[C@]3(CC[C@@H]1O)[C@@H]1CC[C@H]4C[C@]1(C[C@@H]4CS(=O)CCOC(=O)c1cc(I)c(N=[N+]=[N-])cc1O)[C@@H](C(=O)O)[C@@H]32. The summed E-state index contributed by atoms with van der Waals surface area (Å²) >= 11 is 1.88. The molecule has 6 rings (SSSR count). The van der Waals surface area contributed by atoms with E-state index in [2.05, 4.69) is 10.0 Å². The van der Waals surface area contributed by atoms with Crippen molar-refractivity contribution in [3.8, 4) is 5.75 Å². The molecule has 4 bridgehead atoms. The Balaban J connectivity index is 1.14. The van der Waals surface area contributed by atoms with Crippen LogP contribution < -0.4 is 0 Å². The van der Waals surface area contributed by atoms with Crippen LogP contribution in [0.15, 0.2) is 17.2 Å². The maximum absolute atomic E-state index is 13.2. The Morgan fingerprint density at radius 1 is 1.29 bits per heavy atom. The molecule has 5 aliphatic rings. The number of hydrogen-bond donors (Lipinski definition) is 3. The first-order valence-electron chi connectivity index (χ1n) is 14.1. The Morgan fingerprint density at radius 2 is 2.05 bits per heavy atom. The molecule has 1 unspecified atom stereocenters. The molecular formula is C28H32IN3O9S. The van der Waals surface area contributed by atoms with Crippen molar-refractivity contribution >= 4 is 57.0 Å². The van der Waals surface area contributed by atoms with Crippen LogP contribution in [0.25, 0.3) is 10.4 Å². The van der Waals surface area contributed by atoms with E-state index in [9.17, 15) is 33.9 Å². The Hall–Kier alpha value is -2.42. The molecule has 0 radical (unpaired) electrons. The van der Waals surface area contributed by atoms with Crippen molar-refractivity contribution in [1.29, 1.82) is 0 Å². The second kappa shape index (κ2) is 10.3. The molecule has 4 aliphatic carbocycles. The molecule has 1 aliphatic heterocycles. The molecule has 1 spiro atoms. The Morgan fingerprint density at radius 3 is 2.76 bits per heavy atom. The zero-order chi connectivity index (χ0) is 30.2. The highest BCUT2D eigenvalue weighted by Crippen LogP contribution is 2.78. The van der Waals surface area contributed by atoms with E-state index in [0.717, 1.165) is 12.8 Å². The minimum absolute atomic E-state index is 0.0238.